The van der Waals surface area contributed by atoms with Crippen LogP contribution in [0.3, 0.4) is 0 Å². The van der Waals surface area contributed by atoms with Crippen LogP contribution in [-0.2, 0) is 9.53 Å². The van der Waals surface area contributed by atoms with Crippen molar-refractivity contribution in [3.63, 3.8) is 0 Å². The van der Waals surface area contributed by atoms with Crippen LogP contribution in [0.1, 0.15) is 18.9 Å². The van der Waals surface area contributed by atoms with E-state index in [0.29, 0.717) is 13.2 Å². The Bertz CT molecular complexity index is 501. The van der Waals surface area contributed by atoms with Crippen LogP contribution in [0, 0.1) is 6.92 Å². The predicted molar refractivity (Wildman–Crippen MR) is 91.7 cm³/mol. The van der Waals surface area contributed by atoms with Crippen molar-refractivity contribution in [1.29, 1.82) is 0 Å². The molecule has 1 aliphatic heterocycles. The van der Waals surface area contributed by atoms with Gasteiger partial charge in [-0.25, -0.2) is 0 Å². The monoisotopic (exact) mass is 320 g/mol. The van der Waals surface area contributed by atoms with Gasteiger partial charge in [-0.1, -0.05) is 0 Å². The lowest BCUT2D eigenvalue weighted by Gasteiger charge is -2.39. The van der Waals surface area contributed by atoms with E-state index in [1.54, 1.807) is 7.11 Å². The van der Waals surface area contributed by atoms with Gasteiger partial charge < -0.3 is 15.0 Å². The van der Waals surface area contributed by atoms with E-state index in [-0.39, 0.29) is 11.9 Å². The molecule has 1 aliphatic rings. The Morgan fingerprint density at radius 3 is 2.78 bits per heavy atom. The summed E-state index contributed by atoms with van der Waals surface area (Å²) in [5.41, 5.74) is 2.45. The minimum atomic E-state index is -0.0850. The molecule has 1 aromatic heterocycles. The molecule has 1 N–H and O–H groups in total. The second-order valence-electron chi connectivity index (χ2n) is 6.00. The number of nitrogens with one attached hydrogen (secondary N) is 1. The van der Waals surface area contributed by atoms with Gasteiger partial charge in [-0.3, -0.25) is 14.7 Å². The molecule has 1 amide bonds. The fourth-order valence-electron chi connectivity index (χ4n) is 2.91. The number of hydrogen-bond acceptors (Lipinski definition) is 5. The van der Waals surface area contributed by atoms with E-state index in [9.17, 15) is 4.79 Å². The molecule has 1 aromatic rings. The van der Waals surface area contributed by atoms with E-state index in [1.807, 2.05) is 19.3 Å². The number of ether oxygens (including phenoxy) is 1. The fraction of sp³-hybridized carbons (Fsp3) is 0.647. The van der Waals surface area contributed by atoms with Crippen LogP contribution < -0.4 is 10.2 Å². The smallest absolute Gasteiger partial charge is 0.237 e. The van der Waals surface area contributed by atoms with Gasteiger partial charge in [-0.05, 0) is 31.9 Å². The summed E-state index contributed by atoms with van der Waals surface area (Å²) >= 11 is 0. The van der Waals surface area contributed by atoms with Crippen molar-refractivity contribution in [2.45, 2.75) is 26.3 Å². The number of nitrogens with zero attached hydrogens (tertiary/aromatic N) is 3. The van der Waals surface area contributed by atoms with E-state index in [4.69, 9.17) is 4.74 Å². The van der Waals surface area contributed by atoms with Gasteiger partial charge in [0.2, 0.25) is 5.91 Å². The number of hydrogen-bond donors (Lipinski definition) is 1. The molecule has 1 atom stereocenters. The summed E-state index contributed by atoms with van der Waals surface area (Å²) in [5, 5.41) is 2.98. The SMILES string of the molecule is COCCCNC(=O)C(C)N1CCN(c2ccncc2C)CC1. The van der Waals surface area contributed by atoms with Gasteiger partial charge in [-0.15, -0.1) is 0 Å². The second-order valence-corrected chi connectivity index (χ2v) is 6.00. The van der Waals surface area contributed by atoms with Crippen molar-refractivity contribution in [3.05, 3.63) is 24.0 Å². The highest BCUT2D eigenvalue weighted by molar-refractivity contribution is 5.81. The van der Waals surface area contributed by atoms with E-state index in [1.165, 1.54) is 11.3 Å². The summed E-state index contributed by atoms with van der Waals surface area (Å²) in [7, 11) is 1.68. The summed E-state index contributed by atoms with van der Waals surface area (Å²) in [4.78, 5) is 21.0. The van der Waals surface area contributed by atoms with Crippen molar-refractivity contribution in [1.82, 2.24) is 15.2 Å². The lowest BCUT2D eigenvalue weighted by molar-refractivity contribution is -0.126. The third-order valence-electron chi connectivity index (χ3n) is 4.40. The average Bonchev–Trinajstić information content (AvgIpc) is 2.58. The van der Waals surface area contributed by atoms with E-state index < -0.39 is 0 Å². The van der Waals surface area contributed by atoms with Crippen LogP contribution in [0.15, 0.2) is 18.5 Å². The Balaban J connectivity index is 1.79. The quantitative estimate of drug-likeness (QED) is 0.761. The third-order valence-corrected chi connectivity index (χ3v) is 4.40. The van der Waals surface area contributed by atoms with Crippen molar-refractivity contribution < 1.29 is 9.53 Å². The molecule has 0 aliphatic carbocycles. The highest BCUT2D eigenvalue weighted by Crippen LogP contribution is 2.20. The lowest BCUT2D eigenvalue weighted by atomic mass is 10.1. The number of aryl methyl sites for hydroxylation is 1. The van der Waals surface area contributed by atoms with Gasteiger partial charge >= 0.3 is 0 Å². The van der Waals surface area contributed by atoms with E-state index in [0.717, 1.165) is 32.6 Å². The van der Waals surface area contributed by atoms with Crippen LogP contribution >= 0.6 is 0 Å². The van der Waals surface area contributed by atoms with Crippen LogP contribution in [0.4, 0.5) is 5.69 Å². The molecule has 6 nitrogen and oxygen atoms in total. The number of aromatic nitrogens is 1. The van der Waals surface area contributed by atoms with Gasteiger partial charge in [0.1, 0.15) is 0 Å². The molecule has 128 valence electrons. The zero-order valence-corrected chi connectivity index (χ0v) is 14.4. The highest BCUT2D eigenvalue weighted by Gasteiger charge is 2.25. The van der Waals surface area contributed by atoms with Crippen LogP contribution in [0.25, 0.3) is 0 Å². The minimum absolute atomic E-state index is 0.0850. The normalized spacial score (nSPS) is 17.1. The molecule has 23 heavy (non-hydrogen) atoms. The Hall–Kier alpha value is -1.66. The molecule has 1 saturated heterocycles. The minimum Gasteiger partial charge on any atom is -0.385 e. The van der Waals surface area contributed by atoms with Gasteiger partial charge in [0.15, 0.2) is 0 Å². The maximum Gasteiger partial charge on any atom is 0.237 e. The summed E-state index contributed by atoms with van der Waals surface area (Å²) in [6.45, 7) is 9.09. The van der Waals surface area contributed by atoms with Crippen molar-refractivity contribution in [3.8, 4) is 0 Å². The van der Waals surface area contributed by atoms with Crippen LogP contribution in [-0.4, -0.2) is 68.3 Å². The first kappa shape index (κ1) is 17.7. The number of rotatable bonds is 7. The standard InChI is InChI=1S/C17H28N4O2/c1-14-13-18-7-5-16(14)21-10-8-20(9-11-21)15(2)17(22)19-6-4-12-23-3/h5,7,13,15H,4,6,8-12H2,1-3H3,(H,19,22). The first-order valence-electron chi connectivity index (χ1n) is 8.29. The van der Waals surface area contributed by atoms with Crippen LogP contribution in [0.5, 0.6) is 0 Å². The highest BCUT2D eigenvalue weighted by atomic mass is 16.5. The van der Waals surface area contributed by atoms with Crippen molar-refractivity contribution in [2.75, 3.05) is 51.3 Å². The first-order valence-corrected chi connectivity index (χ1v) is 8.29. The summed E-state index contributed by atoms with van der Waals surface area (Å²) in [6, 6.07) is 1.98. The zero-order valence-electron chi connectivity index (χ0n) is 14.4. The van der Waals surface area contributed by atoms with E-state index >= 15 is 0 Å². The maximum absolute atomic E-state index is 12.2. The number of carbonyl (C=O) groups excluding carboxylic acids is 1. The molecule has 6 heteroatoms. The average molecular weight is 320 g/mol. The second kappa shape index (κ2) is 8.84. The van der Waals surface area contributed by atoms with Gasteiger partial charge in [0.05, 0.1) is 6.04 Å². The van der Waals surface area contributed by atoms with Gasteiger partial charge in [0, 0.05) is 64.5 Å². The number of piperazine rings is 1. The Morgan fingerprint density at radius 1 is 1.39 bits per heavy atom. The molecular formula is C17H28N4O2. The molecule has 1 unspecified atom stereocenters. The molecule has 1 fully saturated rings. The molecule has 2 heterocycles. The summed E-state index contributed by atoms with van der Waals surface area (Å²) in [5.74, 6) is 0.106. The van der Waals surface area contributed by atoms with E-state index in [2.05, 4.69) is 33.1 Å². The fourth-order valence-corrected chi connectivity index (χ4v) is 2.91. The topological polar surface area (TPSA) is 57.7 Å². The Morgan fingerprint density at radius 2 is 2.13 bits per heavy atom. The summed E-state index contributed by atoms with van der Waals surface area (Å²) < 4.78 is 4.99. The van der Waals surface area contributed by atoms with Crippen molar-refractivity contribution >= 4 is 11.6 Å². The number of anilines is 1. The van der Waals surface area contributed by atoms with Crippen molar-refractivity contribution in [2.24, 2.45) is 0 Å². The molecule has 0 bridgehead atoms. The number of carbonyl (C=O) groups is 1. The van der Waals surface area contributed by atoms with Gasteiger partial charge in [0.25, 0.3) is 0 Å². The molecule has 2 rings (SSSR count). The Kier molecular flexibility index (Phi) is 6.80. The lowest BCUT2D eigenvalue weighted by Crippen LogP contribution is -2.54. The molecular weight excluding hydrogens is 292 g/mol. The van der Waals surface area contributed by atoms with Crippen LogP contribution in [0.2, 0.25) is 0 Å². The molecule has 0 saturated carbocycles. The Labute approximate surface area is 138 Å². The number of amides is 1. The maximum atomic E-state index is 12.2. The largest absolute Gasteiger partial charge is 0.385 e. The predicted octanol–water partition coefficient (Wildman–Crippen LogP) is 1.05. The molecule has 0 spiro atoms. The number of pyridine rings is 1. The molecule has 0 radical (unpaired) electrons. The zero-order chi connectivity index (χ0) is 16.7. The first-order chi connectivity index (χ1) is 11.1. The molecule has 0 aromatic carbocycles. The number of methoxy groups -OCH3 is 1. The summed E-state index contributed by atoms with van der Waals surface area (Å²) in [6.07, 6.45) is 4.59. The van der Waals surface area contributed by atoms with Gasteiger partial charge in [-0.2, -0.15) is 0 Å². The third kappa shape index (κ3) is 4.91.